The third-order valence-corrected chi connectivity index (χ3v) is 3.34. The Hall–Kier alpha value is -1.30. The number of rotatable bonds is 7. The summed E-state index contributed by atoms with van der Waals surface area (Å²) in [6, 6.07) is 7.73. The summed E-state index contributed by atoms with van der Waals surface area (Å²) in [7, 11) is 0. The summed E-state index contributed by atoms with van der Waals surface area (Å²) in [5.74, 6) is 1.69. The summed E-state index contributed by atoms with van der Waals surface area (Å²) in [6.45, 7) is 6.32. The van der Waals surface area contributed by atoms with Gasteiger partial charge in [-0.2, -0.15) is 0 Å². The number of ether oxygens (including phenoxy) is 3. The monoisotopic (exact) mass is 281 g/mol. The molecule has 0 spiro atoms. The van der Waals surface area contributed by atoms with Crippen LogP contribution in [0, 0.1) is 0 Å². The minimum Gasteiger partial charge on any atom is -0.494 e. The van der Waals surface area contributed by atoms with Crippen LogP contribution in [-0.4, -0.2) is 62.2 Å². The molecule has 20 heavy (non-hydrogen) atoms. The first-order valence-electron chi connectivity index (χ1n) is 7.11. The zero-order chi connectivity index (χ0) is 14.2. The highest BCUT2D eigenvalue weighted by molar-refractivity contribution is 5.31. The SMILES string of the molecule is CCOc1ccc(OCCN2CCOCC2CO)cc1. The zero-order valence-corrected chi connectivity index (χ0v) is 12.0. The Labute approximate surface area is 120 Å². The molecule has 1 aromatic carbocycles. The zero-order valence-electron chi connectivity index (χ0n) is 12.0. The molecule has 1 aliphatic rings. The molecule has 5 heteroatoms. The number of morpholine rings is 1. The minimum absolute atomic E-state index is 0.0904. The van der Waals surface area contributed by atoms with Crippen LogP contribution in [0.5, 0.6) is 11.5 Å². The average molecular weight is 281 g/mol. The number of aliphatic hydroxyl groups is 1. The fourth-order valence-corrected chi connectivity index (χ4v) is 2.23. The van der Waals surface area contributed by atoms with E-state index in [2.05, 4.69) is 4.90 Å². The molecule has 1 atom stereocenters. The van der Waals surface area contributed by atoms with E-state index in [-0.39, 0.29) is 12.6 Å². The van der Waals surface area contributed by atoms with Crippen LogP contribution >= 0.6 is 0 Å². The van der Waals surface area contributed by atoms with Gasteiger partial charge < -0.3 is 19.3 Å². The van der Waals surface area contributed by atoms with Crippen molar-refractivity contribution in [3.8, 4) is 11.5 Å². The van der Waals surface area contributed by atoms with Crippen molar-refractivity contribution in [1.82, 2.24) is 4.90 Å². The molecule has 0 amide bonds. The normalized spacial score (nSPS) is 19.8. The van der Waals surface area contributed by atoms with Crippen LogP contribution in [0.15, 0.2) is 24.3 Å². The van der Waals surface area contributed by atoms with E-state index in [1.807, 2.05) is 31.2 Å². The summed E-state index contributed by atoms with van der Waals surface area (Å²) in [6.07, 6.45) is 0. The van der Waals surface area contributed by atoms with E-state index in [0.29, 0.717) is 19.8 Å². The van der Waals surface area contributed by atoms with E-state index < -0.39 is 0 Å². The second kappa shape index (κ2) is 8.09. The van der Waals surface area contributed by atoms with Gasteiger partial charge in [0, 0.05) is 13.1 Å². The molecule has 112 valence electrons. The van der Waals surface area contributed by atoms with Gasteiger partial charge in [-0.05, 0) is 31.2 Å². The fraction of sp³-hybridized carbons (Fsp3) is 0.600. The lowest BCUT2D eigenvalue weighted by Crippen LogP contribution is -2.48. The van der Waals surface area contributed by atoms with Crippen molar-refractivity contribution in [2.24, 2.45) is 0 Å². The maximum absolute atomic E-state index is 9.28. The molecule has 0 radical (unpaired) electrons. The largest absolute Gasteiger partial charge is 0.494 e. The topological polar surface area (TPSA) is 51.2 Å². The molecule has 5 nitrogen and oxygen atoms in total. The first kappa shape index (κ1) is 15.1. The first-order valence-corrected chi connectivity index (χ1v) is 7.11. The van der Waals surface area contributed by atoms with Gasteiger partial charge in [-0.25, -0.2) is 0 Å². The van der Waals surface area contributed by atoms with Crippen LogP contribution in [0.4, 0.5) is 0 Å². The summed E-state index contributed by atoms with van der Waals surface area (Å²) < 4.78 is 16.4. The number of hydrogen-bond donors (Lipinski definition) is 1. The molecule has 1 aromatic rings. The smallest absolute Gasteiger partial charge is 0.119 e. The third kappa shape index (κ3) is 4.37. The van der Waals surface area contributed by atoms with Gasteiger partial charge in [0.2, 0.25) is 0 Å². The standard InChI is InChI=1S/C15H23NO4/c1-2-19-14-3-5-15(6-4-14)20-10-8-16-7-9-18-12-13(16)11-17/h3-6,13,17H,2,7-12H2,1H3. The molecular weight excluding hydrogens is 258 g/mol. The van der Waals surface area contributed by atoms with E-state index in [0.717, 1.165) is 31.2 Å². The molecule has 0 saturated carbocycles. The lowest BCUT2D eigenvalue weighted by Gasteiger charge is -2.34. The van der Waals surface area contributed by atoms with Gasteiger partial charge in [-0.3, -0.25) is 4.90 Å². The highest BCUT2D eigenvalue weighted by Gasteiger charge is 2.21. The van der Waals surface area contributed by atoms with Gasteiger partial charge in [0.05, 0.1) is 32.5 Å². The van der Waals surface area contributed by atoms with Crippen LogP contribution in [0.2, 0.25) is 0 Å². The molecule has 0 aromatic heterocycles. The summed E-state index contributed by atoms with van der Waals surface area (Å²) in [5, 5.41) is 9.28. The van der Waals surface area contributed by atoms with Crippen molar-refractivity contribution >= 4 is 0 Å². The highest BCUT2D eigenvalue weighted by Crippen LogP contribution is 2.17. The van der Waals surface area contributed by atoms with Gasteiger partial charge >= 0.3 is 0 Å². The van der Waals surface area contributed by atoms with Crippen LogP contribution in [-0.2, 0) is 4.74 Å². The van der Waals surface area contributed by atoms with Gasteiger partial charge in [0.25, 0.3) is 0 Å². The lowest BCUT2D eigenvalue weighted by molar-refractivity contribution is -0.0312. The van der Waals surface area contributed by atoms with E-state index in [1.165, 1.54) is 0 Å². The van der Waals surface area contributed by atoms with Gasteiger partial charge in [0.1, 0.15) is 18.1 Å². The Bertz CT molecular complexity index is 382. The Morgan fingerprint density at radius 1 is 1.25 bits per heavy atom. The van der Waals surface area contributed by atoms with Crippen LogP contribution in [0.25, 0.3) is 0 Å². The Morgan fingerprint density at radius 3 is 2.60 bits per heavy atom. The van der Waals surface area contributed by atoms with Crippen LogP contribution in [0.3, 0.4) is 0 Å². The Balaban J connectivity index is 1.74. The number of aliphatic hydroxyl groups excluding tert-OH is 1. The predicted molar refractivity (Wildman–Crippen MR) is 76.4 cm³/mol. The van der Waals surface area contributed by atoms with Crippen molar-refractivity contribution in [1.29, 1.82) is 0 Å². The maximum Gasteiger partial charge on any atom is 0.119 e. The van der Waals surface area contributed by atoms with E-state index in [9.17, 15) is 5.11 Å². The maximum atomic E-state index is 9.28. The first-order chi connectivity index (χ1) is 9.83. The van der Waals surface area contributed by atoms with Crippen molar-refractivity contribution in [2.75, 3.05) is 46.1 Å². The van der Waals surface area contributed by atoms with E-state index in [4.69, 9.17) is 14.2 Å². The van der Waals surface area contributed by atoms with Crippen molar-refractivity contribution in [2.45, 2.75) is 13.0 Å². The summed E-state index contributed by atoms with van der Waals surface area (Å²) in [5.41, 5.74) is 0. The number of benzene rings is 1. The predicted octanol–water partition coefficient (Wildman–Crippen LogP) is 1.16. The highest BCUT2D eigenvalue weighted by atomic mass is 16.5. The number of hydrogen-bond acceptors (Lipinski definition) is 5. The second-order valence-electron chi connectivity index (χ2n) is 4.70. The third-order valence-electron chi connectivity index (χ3n) is 3.34. The molecule has 0 bridgehead atoms. The lowest BCUT2D eigenvalue weighted by atomic mass is 10.2. The molecule has 1 unspecified atom stereocenters. The van der Waals surface area contributed by atoms with Crippen molar-refractivity contribution in [3.05, 3.63) is 24.3 Å². The van der Waals surface area contributed by atoms with E-state index in [1.54, 1.807) is 0 Å². The molecule has 2 rings (SSSR count). The molecule has 0 aliphatic carbocycles. The van der Waals surface area contributed by atoms with Crippen molar-refractivity contribution < 1.29 is 19.3 Å². The van der Waals surface area contributed by atoms with E-state index >= 15 is 0 Å². The quantitative estimate of drug-likeness (QED) is 0.813. The van der Waals surface area contributed by atoms with Gasteiger partial charge in [0.15, 0.2) is 0 Å². The Kier molecular flexibility index (Phi) is 6.11. The van der Waals surface area contributed by atoms with Gasteiger partial charge in [-0.1, -0.05) is 0 Å². The van der Waals surface area contributed by atoms with Crippen LogP contribution < -0.4 is 9.47 Å². The summed E-state index contributed by atoms with van der Waals surface area (Å²) in [4.78, 5) is 2.21. The Morgan fingerprint density at radius 2 is 1.95 bits per heavy atom. The average Bonchev–Trinajstić information content (AvgIpc) is 2.50. The molecule has 1 heterocycles. The molecule has 1 N–H and O–H groups in total. The molecular formula is C15H23NO4. The molecule has 1 aliphatic heterocycles. The van der Waals surface area contributed by atoms with Gasteiger partial charge in [-0.15, -0.1) is 0 Å². The number of nitrogens with zero attached hydrogens (tertiary/aromatic N) is 1. The van der Waals surface area contributed by atoms with Crippen LogP contribution in [0.1, 0.15) is 6.92 Å². The fourth-order valence-electron chi connectivity index (χ4n) is 2.23. The minimum atomic E-state index is 0.0904. The summed E-state index contributed by atoms with van der Waals surface area (Å²) >= 11 is 0. The molecule has 1 fully saturated rings. The molecule has 1 saturated heterocycles. The van der Waals surface area contributed by atoms with Crippen molar-refractivity contribution in [3.63, 3.8) is 0 Å². The second-order valence-corrected chi connectivity index (χ2v) is 4.70.